The Morgan fingerprint density at radius 2 is 2.10 bits per heavy atom. The number of anilines is 1. The number of carbonyl (C=O) groups is 1. The van der Waals surface area contributed by atoms with Gasteiger partial charge in [0.1, 0.15) is 0 Å². The number of aromatic nitrogens is 2. The Bertz CT molecular complexity index is 788. The lowest BCUT2D eigenvalue weighted by Crippen LogP contribution is -2.02. The molecule has 0 saturated carbocycles. The van der Waals surface area contributed by atoms with Gasteiger partial charge in [0.25, 0.3) is 0 Å². The number of furan rings is 1. The van der Waals surface area contributed by atoms with E-state index in [2.05, 4.69) is 20.3 Å². The fourth-order valence-electron chi connectivity index (χ4n) is 1.99. The molecule has 8 heteroatoms. The molecule has 2 aromatic heterocycles. The molecule has 3 rings (SSSR count). The molecular formula is C12H7F2N3O3. The van der Waals surface area contributed by atoms with Gasteiger partial charge in [0, 0.05) is 0 Å². The number of nitrogens with zero attached hydrogens (tertiary/aromatic N) is 2. The summed E-state index contributed by atoms with van der Waals surface area (Å²) in [6.45, 7) is -2.98. The lowest BCUT2D eigenvalue weighted by molar-refractivity contribution is -0.105. The van der Waals surface area contributed by atoms with Crippen molar-refractivity contribution in [1.29, 1.82) is 0 Å². The Kier molecular flexibility index (Phi) is 2.90. The summed E-state index contributed by atoms with van der Waals surface area (Å²) in [5.41, 5.74) is 0.861. The molecular weight excluding hydrogens is 272 g/mol. The van der Waals surface area contributed by atoms with Crippen LogP contribution < -0.4 is 10.1 Å². The van der Waals surface area contributed by atoms with Crippen LogP contribution >= 0.6 is 0 Å². The summed E-state index contributed by atoms with van der Waals surface area (Å²) in [6.07, 6.45) is 3.26. The van der Waals surface area contributed by atoms with Crippen LogP contribution in [0.2, 0.25) is 0 Å². The highest BCUT2D eigenvalue weighted by Gasteiger charge is 2.18. The third-order valence-electron chi connectivity index (χ3n) is 2.73. The van der Waals surface area contributed by atoms with Crippen molar-refractivity contribution in [3.8, 4) is 5.75 Å². The fourth-order valence-corrected chi connectivity index (χ4v) is 1.99. The highest BCUT2D eigenvalue weighted by molar-refractivity contribution is 6.13. The molecule has 1 aromatic carbocycles. The van der Waals surface area contributed by atoms with E-state index in [9.17, 15) is 13.6 Å². The topological polar surface area (TPSA) is 77.2 Å². The quantitative estimate of drug-likeness (QED) is 0.742. The van der Waals surface area contributed by atoms with Gasteiger partial charge in [0.2, 0.25) is 6.41 Å². The minimum absolute atomic E-state index is 0.0990. The first-order valence-corrected chi connectivity index (χ1v) is 5.51. The second kappa shape index (κ2) is 4.72. The normalized spacial score (nSPS) is 11.2. The van der Waals surface area contributed by atoms with Crippen LogP contribution in [0, 0.1) is 0 Å². The minimum atomic E-state index is -2.98. The average Bonchev–Trinajstić information content (AvgIpc) is 2.81. The Morgan fingerprint density at radius 1 is 1.30 bits per heavy atom. The first-order chi connectivity index (χ1) is 9.70. The summed E-state index contributed by atoms with van der Waals surface area (Å²) in [6, 6.07) is 2.74. The lowest BCUT2D eigenvalue weighted by atomic mass is 10.1. The van der Waals surface area contributed by atoms with Crippen molar-refractivity contribution in [2.24, 2.45) is 0 Å². The van der Waals surface area contributed by atoms with Gasteiger partial charge in [-0.25, -0.2) is 0 Å². The molecule has 102 valence electrons. The van der Waals surface area contributed by atoms with Crippen molar-refractivity contribution >= 4 is 34.0 Å². The van der Waals surface area contributed by atoms with Crippen LogP contribution in [0.25, 0.3) is 21.9 Å². The maximum absolute atomic E-state index is 12.4. The minimum Gasteiger partial charge on any atom is -0.450 e. The molecule has 0 radical (unpaired) electrons. The molecule has 0 aliphatic heterocycles. The van der Waals surface area contributed by atoms with E-state index in [1.807, 2.05) is 0 Å². The summed E-state index contributed by atoms with van der Waals surface area (Å²) in [4.78, 5) is 10.6. The van der Waals surface area contributed by atoms with Gasteiger partial charge in [-0.2, -0.15) is 19.0 Å². The van der Waals surface area contributed by atoms with E-state index in [1.165, 1.54) is 24.5 Å². The predicted octanol–water partition coefficient (Wildman–Crippen LogP) is 2.55. The number of amides is 1. The van der Waals surface area contributed by atoms with Gasteiger partial charge in [-0.15, -0.1) is 0 Å². The Labute approximate surface area is 110 Å². The molecule has 6 nitrogen and oxygen atoms in total. The molecule has 0 bridgehead atoms. The van der Waals surface area contributed by atoms with Crippen LogP contribution in [0.15, 0.2) is 28.9 Å². The van der Waals surface area contributed by atoms with Crippen LogP contribution in [0.3, 0.4) is 0 Å². The molecule has 1 amide bonds. The van der Waals surface area contributed by atoms with Gasteiger partial charge in [0.05, 0.1) is 28.9 Å². The third-order valence-corrected chi connectivity index (χ3v) is 2.73. The van der Waals surface area contributed by atoms with E-state index >= 15 is 0 Å². The van der Waals surface area contributed by atoms with Crippen molar-refractivity contribution < 1.29 is 22.7 Å². The lowest BCUT2D eigenvalue weighted by Gasteiger charge is -2.07. The van der Waals surface area contributed by atoms with E-state index in [-0.39, 0.29) is 11.3 Å². The number of rotatable bonds is 4. The van der Waals surface area contributed by atoms with Crippen molar-refractivity contribution in [2.75, 3.05) is 5.32 Å². The molecule has 1 N–H and O–H groups in total. The summed E-state index contributed by atoms with van der Waals surface area (Å²) in [5, 5.41) is 10.8. The van der Waals surface area contributed by atoms with Crippen molar-refractivity contribution in [3.05, 3.63) is 24.5 Å². The molecule has 0 aliphatic carbocycles. The second-order valence-corrected chi connectivity index (χ2v) is 3.83. The van der Waals surface area contributed by atoms with Crippen LogP contribution in [0.5, 0.6) is 5.75 Å². The number of alkyl halides is 2. The molecule has 20 heavy (non-hydrogen) atoms. The Balaban J connectivity index is 2.35. The van der Waals surface area contributed by atoms with E-state index < -0.39 is 6.61 Å². The Morgan fingerprint density at radius 3 is 2.85 bits per heavy atom. The largest absolute Gasteiger partial charge is 0.450 e. The first kappa shape index (κ1) is 12.3. The van der Waals surface area contributed by atoms with Crippen molar-refractivity contribution in [3.63, 3.8) is 0 Å². The predicted molar refractivity (Wildman–Crippen MR) is 65.6 cm³/mol. The zero-order valence-electron chi connectivity index (χ0n) is 9.84. The van der Waals surface area contributed by atoms with Crippen LogP contribution in [0.1, 0.15) is 0 Å². The van der Waals surface area contributed by atoms with Gasteiger partial charge < -0.3 is 14.5 Å². The summed E-state index contributed by atoms with van der Waals surface area (Å²) < 4.78 is 34.6. The Hall–Kier alpha value is -2.77. The number of hydrogen-bond acceptors (Lipinski definition) is 5. The summed E-state index contributed by atoms with van der Waals surface area (Å²) in [7, 11) is 0. The van der Waals surface area contributed by atoms with Crippen LogP contribution in [0.4, 0.5) is 14.5 Å². The highest BCUT2D eigenvalue weighted by Crippen LogP contribution is 2.39. The zero-order chi connectivity index (χ0) is 14.1. The number of ether oxygens (including phenoxy) is 1. The number of benzene rings is 1. The van der Waals surface area contributed by atoms with Crippen molar-refractivity contribution in [2.45, 2.75) is 6.61 Å². The molecule has 0 aliphatic rings. The first-order valence-electron chi connectivity index (χ1n) is 5.51. The van der Waals surface area contributed by atoms with Crippen LogP contribution in [-0.2, 0) is 4.79 Å². The highest BCUT2D eigenvalue weighted by atomic mass is 19.3. The van der Waals surface area contributed by atoms with Crippen LogP contribution in [-0.4, -0.2) is 23.2 Å². The molecule has 0 spiro atoms. The average molecular weight is 279 g/mol. The fraction of sp³-hybridized carbons (Fsp3) is 0.0833. The second-order valence-electron chi connectivity index (χ2n) is 3.83. The molecule has 3 aromatic rings. The third kappa shape index (κ3) is 1.91. The number of hydrogen-bond donors (Lipinski definition) is 1. The maximum atomic E-state index is 12.4. The molecule has 0 unspecified atom stereocenters. The summed E-state index contributed by atoms with van der Waals surface area (Å²) >= 11 is 0. The van der Waals surface area contributed by atoms with E-state index in [0.29, 0.717) is 28.5 Å². The van der Waals surface area contributed by atoms with Gasteiger partial charge >= 0.3 is 6.61 Å². The smallest absolute Gasteiger partial charge is 0.387 e. The number of halogens is 2. The van der Waals surface area contributed by atoms with Gasteiger partial charge in [-0.05, 0) is 12.1 Å². The van der Waals surface area contributed by atoms with E-state index in [1.54, 1.807) is 0 Å². The maximum Gasteiger partial charge on any atom is 0.387 e. The van der Waals surface area contributed by atoms with E-state index in [4.69, 9.17) is 4.42 Å². The number of carbonyl (C=O) groups excluding carboxylic acids is 1. The van der Waals surface area contributed by atoms with Crippen molar-refractivity contribution in [1.82, 2.24) is 10.2 Å². The molecule has 2 heterocycles. The zero-order valence-corrected chi connectivity index (χ0v) is 9.84. The van der Waals surface area contributed by atoms with Gasteiger partial charge in [-0.1, -0.05) is 0 Å². The molecule has 0 fully saturated rings. The standard InChI is InChI=1S/C12H7F2N3O3/c13-12(14)20-8-2-1-7(15-5-18)10-6-3-16-17-4-9(6)19-11(8)10/h1-5,12H,(H,15,18). The monoisotopic (exact) mass is 279 g/mol. The molecule has 0 saturated heterocycles. The van der Waals surface area contributed by atoms with Gasteiger partial charge in [0.15, 0.2) is 16.9 Å². The molecule has 0 atom stereocenters. The number of nitrogens with one attached hydrogen (secondary N) is 1. The van der Waals surface area contributed by atoms with E-state index in [0.717, 1.165) is 0 Å². The van der Waals surface area contributed by atoms with Gasteiger partial charge in [-0.3, -0.25) is 4.79 Å². The summed E-state index contributed by atoms with van der Waals surface area (Å²) in [5.74, 6) is -0.123. The number of fused-ring (bicyclic) bond motifs is 3. The SMILES string of the molecule is O=CNc1ccc(OC(F)F)c2oc3cnncc3c12.